The van der Waals surface area contributed by atoms with Gasteiger partial charge < -0.3 is 30.2 Å². The largest absolute Gasteiger partial charge is 0.465 e. The number of hydrogen-bond donors (Lipinski definition) is 3. The molecule has 2 unspecified atom stereocenters. The van der Waals surface area contributed by atoms with Crippen LogP contribution in [0.1, 0.15) is 30.1 Å². The number of methoxy groups -OCH3 is 1. The highest BCUT2D eigenvalue weighted by molar-refractivity contribution is 5.93. The maximum atomic E-state index is 12.3. The molecular formula is C17H22N4O7. The fourth-order valence-electron chi connectivity index (χ4n) is 3.38. The number of rotatable bonds is 8. The van der Waals surface area contributed by atoms with Crippen LogP contribution in [-0.4, -0.2) is 66.7 Å². The standard InChI is InChI=1S/C17H22N4O7/c1-9(22)19-12-5-11-10(6-14(12)28-8-27-4-3-26-2)13-7-20(15(11)16(18)23)17(24)21(13)25/h5-6,13,15,25H,3-4,7-8H2,1-2H3,(H2,18,23)(H,19,22). The number of hydrogen-bond acceptors (Lipinski definition) is 7. The number of amides is 4. The molecule has 1 aromatic carbocycles. The summed E-state index contributed by atoms with van der Waals surface area (Å²) in [6.45, 7) is 2.05. The number of fused-ring (bicyclic) bond motifs is 4. The van der Waals surface area contributed by atoms with Gasteiger partial charge in [-0.3, -0.25) is 14.8 Å². The van der Waals surface area contributed by atoms with Gasteiger partial charge in [-0.25, -0.2) is 4.79 Å². The highest BCUT2D eigenvalue weighted by Gasteiger charge is 2.49. The molecule has 11 nitrogen and oxygen atoms in total. The number of hydroxylamine groups is 2. The van der Waals surface area contributed by atoms with E-state index in [0.717, 1.165) is 0 Å². The molecule has 0 aliphatic carbocycles. The van der Waals surface area contributed by atoms with Gasteiger partial charge in [0.1, 0.15) is 17.8 Å². The number of carbonyl (C=O) groups is 3. The smallest absolute Gasteiger partial charge is 0.345 e. The summed E-state index contributed by atoms with van der Waals surface area (Å²) in [5.41, 5.74) is 6.74. The molecule has 1 aromatic rings. The highest BCUT2D eigenvalue weighted by Crippen LogP contribution is 2.46. The molecule has 4 amide bonds. The van der Waals surface area contributed by atoms with Gasteiger partial charge in [0.2, 0.25) is 11.8 Å². The van der Waals surface area contributed by atoms with Crippen molar-refractivity contribution in [1.82, 2.24) is 9.96 Å². The second kappa shape index (κ2) is 8.00. The molecule has 2 aliphatic heterocycles. The van der Waals surface area contributed by atoms with Crippen molar-refractivity contribution in [3.05, 3.63) is 23.3 Å². The van der Waals surface area contributed by atoms with E-state index in [1.807, 2.05) is 0 Å². The van der Waals surface area contributed by atoms with E-state index in [2.05, 4.69) is 5.32 Å². The first-order chi connectivity index (χ1) is 13.3. The van der Waals surface area contributed by atoms with Gasteiger partial charge in [-0.15, -0.1) is 0 Å². The molecular weight excluding hydrogens is 372 g/mol. The highest BCUT2D eigenvalue weighted by atomic mass is 16.7. The van der Waals surface area contributed by atoms with Crippen molar-refractivity contribution in [3.8, 4) is 5.75 Å². The second-order valence-corrected chi connectivity index (χ2v) is 6.42. The lowest BCUT2D eigenvalue weighted by atomic mass is 9.89. The summed E-state index contributed by atoms with van der Waals surface area (Å²) in [4.78, 5) is 37.1. The minimum atomic E-state index is -1.06. The molecule has 1 fully saturated rings. The van der Waals surface area contributed by atoms with Crippen molar-refractivity contribution >= 4 is 23.5 Å². The van der Waals surface area contributed by atoms with Crippen LogP contribution in [0.25, 0.3) is 0 Å². The van der Waals surface area contributed by atoms with E-state index in [9.17, 15) is 19.6 Å². The predicted molar refractivity (Wildman–Crippen MR) is 94.5 cm³/mol. The maximum absolute atomic E-state index is 12.3. The zero-order valence-electron chi connectivity index (χ0n) is 15.5. The van der Waals surface area contributed by atoms with Crippen LogP contribution in [0.5, 0.6) is 5.75 Å². The van der Waals surface area contributed by atoms with Crippen LogP contribution < -0.4 is 15.8 Å². The van der Waals surface area contributed by atoms with Gasteiger partial charge in [0.15, 0.2) is 6.79 Å². The molecule has 0 saturated carbocycles. The van der Waals surface area contributed by atoms with Crippen molar-refractivity contribution in [3.63, 3.8) is 0 Å². The van der Waals surface area contributed by atoms with Crippen LogP contribution >= 0.6 is 0 Å². The lowest BCUT2D eigenvalue weighted by Crippen LogP contribution is -2.41. The third-order valence-corrected chi connectivity index (χ3v) is 4.57. The number of nitrogens with zero attached hydrogens (tertiary/aromatic N) is 2. The molecule has 3 rings (SSSR count). The molecule has 152 valence electrons. The van der Waals surface area contributed by atoms with E-state index in [1.54, 1.807) is 13.2 Å². The van der Waals surface area contributed by atoms with Crippen molar-refractivity contribution in [2.45, 2.75) is 19.0 Å². The number of anilines is 1. The number of nitrogens with two attached hydrogens (primary N) is 1. The molecule has 4 N–H and O–H groups in total. The Morgan fingerprint density at radius 3 is 2.71 bits per heavy atom. The molecule has 2 heterocycles. The van der Waals surface area contributed by atoms with Crippen LogP contribution in [0.4, 0.5) is 10.5 Å². The summed E-state index contributed by atoms with van der Waals surface area (Å²) < 4.78 is 15.8. The molecule has 28 heavy (non-hydrogen) atoms. The minimum Gasteiger partial charge on any atom is -0.465 e. The quantitative estimate of drug-likeness (QED) is 0.328. The minimum absolute atomic E-state index is 0.105. The fraction of sp³-hybridized carbons (Fsp3) is 0.471. The summed E-state index contributed by atoms with van der Waals surface area (Å²) in [7, 11) is 1.55. The summed E-state index contributed by atoms with van der Waals surface area (Å²) in [5.74, 6) is -0.816. The summed E-state index contributed by atoms with van der Waals surface area (Å²) in [6.07, 6.45) is 0. The van der Waals surface area contributed by atoms with Gasteiger partial charge in [0.05, 0.1) is 25.4 Å². The zero-order valence-corrected chi connectivity index (χ0v) is 15.5. The number of primary amides is 1. The van der Waals surface area contributed by atoms with E-state index in [1.165, 1.54) is 17.9 Å². The van der Waals surface area contributed by atoms with Gasteiger partial charge in [0.25, 0.3) is 0 Å². The van der Waals surface area contributed by atoms with Crippen LogP contribution in [0.15, 0.2) is 12.1 Å². The molecule has 2 aliphatic rings. The third kappa shape index (κ3) is 3.59. The Balaban J connectivity index is 1.97. The normalized spacial score (nSPS) is 20.2. The van der Waals surface area contributed by atoms with Crippen molar-refractivity contribution in [2.24, 2.45) is 5.73 Å². The first kappa shape index (κ1) is 19.9. The SMILES string of the molecule is COCCOCOc1cc2c(cc1NC(C)=O)C(C(N)=O)N1CC2N(O)C1=O. The maximum Gasteiger partial charge on any atom is 0.345 e. The Morgan fingerprint density at radius 1 is 1.32 bits per heavy atom. The molecule has 2 atom stereocenters. The molecule has 0 spiro atoms. The topological polar surface area (TPSA) is 144 Å². The molecule has 2 bridgehead atoms. The van der Waals surface area contributed by atoms with Gasteiger partial charge in [-0.2, -0.15) is 5.06 Å². The third-order valence-electron chi connectivity index (χ3n) is 4.57. The van der Waals surface area contributed by atoms with Crippen LogP contribution in [0.2, 0.25) is 0 Å². The predicted octanol–water partition coefficient (Wildman–Crippen LogP) is 0.352. The summed E-state index contributed by atoms with van der Waals surface area (Å²) >= 11 is 0. The summed E-state index contributed by atoms with van der Waals surface area (Å²) in [6, 6.07) is 0.649. The molecule has 0 radical (unpaired) electrons. The van der Waals surface area contributed by atoms with Gasteiger partial charge in [0, 0.05) is 14.0 Å². The Morgan fingerprint density at radius 2 is 2.07 bits per heavy atom. The van der Waals surface area contributed by atoms with E-state index in [-0.39, 0.29) is 25.0 Å². The van der Waals surface area contributed by atoms with Crippen LogP contribution in [0.3, 0.4) is 0 Å². The Labute approximate surface area is 160 Å². The zero-order chi connectivity index (χ0) is 20.4. The molecule has 0 aromatic heterocycles. The summed E-state index contributed by atoms with van der Waals surface area (Å²) in [5, 5.41) is 13.3. The van der Waals surface area contributed by atoms with Gasteiger partial charge in [-0.1, -0.05) is 0 Å². The van der Waals surface area contributed by atoms with E-state index >= 15 is 0 Å². The number of benzene rings is 1. The van der Waals surface area contributed by atoms with Crippen LogP contribution in [0, 0.1) is 0 Å². The molecule has 11 heteroatoms. The lowest BCUT2D eigenvalue weighted by Gasteiger charge is -2.31. The first-order valence-electron chi connectivity index (χ1n) is 8.58. The van der Waals surface area contributed by atoms with Crippen molar-refractivity contribution in [2.75, 3.05) is 39.0 Å². The average Bonchev–Trinajstić information content (AvgIpc) is 2.88. The Bertz CT molecular complexity index is 800. The number of carbonyl (C=O) groups excluding carboxylic acids is 3. The lowest BCUT2D eigenvalue weighted by molar-refractivity contribution is -0.122. The fourth-order valence-corrected chi connectivity index (χ4v) is 3.38. The number of ether oxygens (including phenoxy) is 3. The van der Waals surface area contributed by atoms with Crippen LogP contribution in [-0.2, 0) is 19.1 Å². The van der Waals surface area contributed by atoms with E-state index < -0.39 is 24.0 Å². The van der Waals surface area contributed by atoms with Gasteiger partial charge in [-0.05, 0) is 23.3 Å². The molecule has 1 saturated heterocycles. The van der Waals surface area contributed by atoms with E-state index in [4.69, 9.17) is 19.9 Å². The van der Waals surface area contributed by atoms with Crippen molar-refractivity contribution < 1.29 is 33.8 Å². The number of urea groups is 1. The Hall–Kier alpha value is -2.89. The van der Waals surface area contributed by atoms with E-state index in [0.29, 0.717) is 35.1 Å². The Kier molecular flexibility index (Phi) is 5.68. The van der Waals surface area contributed by atoms with Crippen molar-refractivity contribution in [1.29, 1.82) is 0 Å². The first-order valence-corrected chi connectivity index (χ1v) is 8.58. The number of nitrogens with one attached hydrogen (secondary N) is 1. The monoisotopic (exact) mass is 394 g/mol. The average molecular weight is 394 g/mol. The second-order valence-electron chi connectivity index (χ2n) is 6.42. The van der Waals surface area contributed by atoms with Gasteiger partial charge >= 0.3 is 6.03 Å².